The summed E-state index contributed by atoms with van der Waals surface area (Å²) in [4.78, 5) is 16.7. The van der Waals surface area contributed by atoms with E-state index in [2.05, 4.69) is 40.7 Å². The zero-order chi connectivity index (χ0) is 16.4. The van der Waals surface area contributed by atoms with E-state index >= 15 is 0 Å². The zero-order valence-electron chi connectivity index (χ0n) is 14.2. The van der Waals surface area contributed by atoms with Crippen LogP contribution in [0.5, 0.6) is 0 Å². The predicted octanol–water partition coefficient (Wildman–Crippen LogP) is 2.64. The average molecular weight is 315 g/mol. The number of hydrogen-bond donors (Lipinski definition) is 1. The molecule has 3 heterocycles. The molecule has 2 aromatic rings. The quantitative estimate of drug-likeness (QED) is 0.943. The van der Waals surface area contributed by atoms with Crippen LogP contribution in [0.2, 0.25) is 0 Å². The number of imidazole rings is 1. The standard InChI is InChI=1S/C17H25N5O/c1-17(2,3)12-22-9-7-14(20-22)19-16(23)10-13-11-21-8-5-4-6-15(21)18-13/h7,9,11H,4-6,8,10,12H2,1-3H3,(H,19,20,23). The Morgan fingerprint density at radius 2 is 2.17 bits per heavy atom. The summed E-state index contributed by atoms with van der Waals surface area (Å²) in [6.45, 7) is 8.31. The van der Waals surface area contributed by atoms with Crippen molar-refractivity contribution in [3.05, 3.63) is 30.0 Å². The van der Waals surface area contributed by atoms with Gasteiger partial charge < -0.3 is 9.88 Å². The van der Waals surface area contributed by atoms with Crippen molar-refractivity contribution in [2.24, 2.45) is 5.41 Å². The van der Waals surface area contributed by atoms with Gasteiger partial charge in [-0.2, -0.15) is 5.10 Å². The van der Waals surface area contributed by atoms with Crippen molar-refractivity contribution in [3.8, 4) is 0 Å². The molecule has 0 fully saturated rings. The molecule has 6 heteroatoms. The van der Waals surface area contributed by atoms with Crippen molar-refractivity contribution < 1.29 is 4.79 Å². The minimum atomic E-state index is -0.0681. The van der Waals surface area contributed by atoms with Crippen LogP contribution in [-0.2, 0) is 30.7 Å². The van der Waals surface area contributed by atoms with Gasteiger partial charge in [0.1, 0.15) is 5.82 Å². The van der Waals surface area contributed by atoms with Gasteiger partial charge in [-0.15, -0.1) is 0 Å². The fourth-order valence-corrected chi connectivity index (χ4v) is 2.91. The molecular weight excluding hydrogens is 290 g/mol. The van der Waals surface area contributed by atoms with Crippen LogP contribution in [0.4, 0.5) is 5.82 Å². The first kappa shape index (κ1) is 15.8. The van der Waals surface area contributed by atoms with Crippen molar-refractivity contribution in [2.45, 2.75) is 59.5 Å². The Balaban J connectivity index is 1.58. The van der Waals surface area contributed by atoms with Crippen molar-refractivity contribution in [1.82, 2.24) is 19.3 Å². The second kappa shape index (κ2) is 6.18. The van der Waals surface area contributed by atoms with Crippen LogP contribution in [0.3, 0.4) is 0 Å². The molecule has 0 saturated heterocycles. The summed E-state index contributed by atoms with van der Waals surface area (Å²) < 4.78 is 4.04. The molecule has 1 aliphatic heterocycles. The Morgan fingerprint density at radius 3 is 2.91 bits per heavy atom. The van der Waals surface area contributed by atoms with E-state index in [0.717, 1.165) is 31.0 Å². The Bertz CT molecular complexity index is 669. The maximum absolute atomic E-state index is 12.2. The first-order valence-corrected chi connectivity index (χ1v) is 8.27. The third-order valence-electron chi connectivity index (χ3n) is 3.84. The fraction of sp³-hybridized carbons (Fsp3) is 0.588. The molecule has 0 atom stereocenters. The second-order valence-corrected chi connectivity index (χ2v) is 7.48. The normalized spacial score (nSPS) is 14.6. The lowest BCUT2D eigenvalue weighted by molar-refractivity contribution is -0.115. The highest BCUT2D eigenvalue weighted by Crippen LogP contribution is 2.17. The Hall–Kier alpha value is -2.11. The smallest absolute Gasteiger partial charge is 0.231 e. The van der Waals surface area contributed by atoms with Crippen LogP contribution >= 0.6 is 0 Å². The van der Waals surface area contributed by atoms with Crippen LogP contribution in [0.25, 0.3) is 0 Å². The molecule has 3 rings (SSSR count). The van der Waals surface area contributed by atoms with E-state index in [4.69, 9.17) is 0 Å². The van der Waals surface area contributed by atoms with Gasteiger partial charge in [0.15, 0.2) is 5.82 Å². The number of carbonyl (C=O) groups is 1. The number of anilines is 1. The maximum atomic E-state index is 12.2. The zero-order valence-corrected chi connectivity index (χ0v) is 14.2. The fourth-order valence-electron chi connectivity index (χ4n) is 2.91. The molecule has 0 bridgehead atoms. The summed E-state index contributed by atoms with van der Waals surface area (Å²) in [6.07, 6.45) is 7.60. The summed E-state index contributed by atoms with van der Waals surface area (Å²) >= 11 is 0. The van der Waals surface area contributed by atoms with E-state index < -0.39 is 0 Å². The van der Waals surface area contributed by atoms with Gasteiger partial charge in [-0.1, -0.05) is 20.8 Å². The number of fused-ring (bicyclic) bond motifs is 1. The van der Waals surface area contributed by atoms with Crippen LogP contribution < -0.4 is 5.32 Å². The molecule has 0 unspecified atom stereocenters. The van der Waals surface area contributed by atoms with Gasteiger partial charge >= 0.3 is 0 Å². The van der Waals surface area contributed by atoms with E-state index in [1.807, 2.05) is 23.1 Å². The molecular formula is C17H25N5O. The van der Waals surface area contributed by atoms with E-state index in [1.54, 1.807) is 0 Å². The molecule has 1 amide bonds. The van der Waals surface area contributed by atoms with E-state index in [9.17, 15) is 4.79 Å². The average Bonchev–Trinajstić information content (AvgIpc) is 3.02. The van der Waals surface area contributed by atoms with Gasteiger partial charge in [0.05, 0.1) is 12.1 Å². The van der Waals surface area contributed by atoms with Crippen molar-refractivity contribution in [2.75, 3.05) is 5.32 Å². The topological polar surface area (TPSA) is 64.7 Å². The third-order valence-corrected chi connectivity index (χ3v) is 3.84. The summed E-state index contributed by atoms with van der Waals surface area (Å²) in [6, 6.07) is 1.84. The first-order chi connectivity index (χ1) is 10.9. The Kier molecular flexibility index (Phi) is 4.24. The van der Waals surface area contributed by atoms with Gasteiger partial charge in [-0.25, -0.2) is 4.98 Å². The molecule has 0 radical (unpaired) electrons. The summed E-state index contributed by atoms with van der Waals surface area (Å²) in [5.74, 6) is 1.64. The molecule has 1 N–H and O–H groups in total. The van der Waals surface area contributed by atoms with Gasteiger partial charge in [0.25, 0.3) is 0 Å². The second-order valence-electron chi connectivity index (χ2n) is 7.48. The molecule has 23 heavy (non-hydrogen) atoms. The lowest BCUT2D eigenvalue weighted by atomic mass is 9.97. The molecule has 0 saturated carbocycles. The number of rotatable bonds is 4. The SMILES string of the molecule is CC(C)(C)Cn1ccc(NC(=O)Cc2cn3c(n2)CCCC3)n1. The number of nitrogens with zero attached hydrogens (tertiary/aromatic N) is 4. The molecule has 0 aliphatic carbocycles. The maximum Gasteiger partial charge on any atom is 0.231 e. The number of nitrogens with one attached hydrogen (secondary N) is 1. The molecule has 6 nitrogen and oxygen atoms in total. The minimum absolute atomic E-state index is 0.0681. The molecule has 2 aromatic heterocycles. The summed E-state index contributed by atoms with van der Waals surface area (Å²) in [7, 11) is 0. The highest BCUT2D eigenvalue weighted by Gasteiger charge is 2.15. The number of hydrogen-bond acceptors (Lipinski definition) is 3. The number of aryl methyl sites for hydroxylation is 2. The highest BCUT2D eigenvalue weighted by atomic mass is 16.1. The van der Waals surface area contributed by atoms with Gasteiger partial charge in [-0.3, -0.25) is 9.48 Å². The molecule has 1 aliphatic rings. The number of amides is 1. The lowest BCUT2D eigenvalue weighted by Gasteiger charge is -2.17. The molecule has 0 spiro atoms. The van der Waals surface area contributed by atoms with Gasteiger partial charge in [0.2, 0.25) is 5.91 Å². The van der Waals surface area contributed by atoms with Crippen LogP contribution in [0, 0.1) is 5.41 Å². The monoisotopic (exact) mass is 315 g/mol. The van der Waals surface area contributed by atoms with Crippen molar-refractivity contribution >= 4 is 11.7 Å². The van der Waals surface area contributed by atoms with Gasteiger partial charge in [-0.05, 0) is 18.3 Å². The van der Waals surface area contributed by atoms with Crippen molar-refractivity contribution in [3.63, 3.8) is 0 Å². The van der Waals surface area contributed by atoms with Gasteiger partial charge in [0, 0.05) is 38.0 Å². The van der Waals surface area contributed by atoms with E-state index in [0.29, 0.717) is 12.2 Å². The summed E-state index contributed by atoms with van der Waals surface area (Å²) in [5.41, 5.74) is 0.997. The largest absolute Gasteiger partial charge is 0.335 e. The Labute approximate surface area is 136 Å². The predicted molar refractivity (Wildman–Crippen MR) is 89.2 cm³/mol. The van der Waals surface area contributed by atoms with Crippen LogP contribution in [0.1, 0.15) is 45.1 Å². The Morgan fingerprint density at radius 1 is 1.35 bits per heavy atom. The van der Waals surface area contributed by atoms with E-state index in [1.165, 1.54) is 12.8 Å². The molecule has 124 valence electrons. The summed E-state index contributed by atoms with van der Waals surface area (Å²) in [5, 5.41) is 7.26. The number of carbonyl (C=O) groups excluding carboxylic acids is 1. The molecule has 0 aromatic carbocycles. The highest BCUT2D eigenvalue weighted by molar-refractivity contribution is 5.91. The number of aromatic nitrogens is 4. The minimum Gasteiger partial charge on any atom is -0.335 e. The van der Waals surface area contributed by atoms with Crippen LogP contribution in [0.15, 0.2) is 18.5 Å². The van der Waals surface area contributed by atoms with Crippen LogP contribution in [-0.4, -0.2) is 25.2 Å². The third kappa shape index (κ3) is 4.21. The van der Waals surface area contributed by atoms with E-state index in [-0.39, 0.29) is 11.3 Å². The van der Waals surface area contributed by atoms with Crippen molar-refractivity contribution in [1.29, 1.82) is 0 Å². The lowest BCUT2D eigenvalue weighted by Crippen LogP contribution is -2.17. The first-order valence-electron chi connectivity index (χ1n) is 8.27.